The zero-order valence-electron chi connectivity index (χ0n) is 12.0. The van der Waals surface area contributed by atoms with Gasteiger partial charge in [0.05, 0.1) is 5.60 Å². The number of fused-ring (bicyclic) bond motifs is 1. The molecule has 2 aromatic carbocycles. The number of benzene rings is 2. The SMILES string of the molecule is Cc1ccc(-c2cc3ccccc3s2)c(C(C)(C)O)c1. The summed E-state index contributed by atoms with van der Waals surface area (Å²) in [7, 11) is 0. The van der Waals surface area contributed by atoms with E-state index in [1.807, 2.05) is 13.8 Å². The van der Waals surface area contributed by atoms with Crippen LogP contribution in [-0.2, 0) is 5.60 Å². The van der Waals surface area contributed by atoms with Gasteiger partial charge in [0.25, 0.3) is 0 Å². The van der Waals surface area contributed by atoms with Crippen LogP contribution in [0.2, 0.25) is 0 Å². The predicted molar refractivity (Wildman–Crippen MR) is 87.2 cm³/mol. The third-order valence-electron chi connectivity index (χ3n) is 3.53. The highest BCUT2D eigenvalue weighted by molar-refractivity contribution is 7.22. The van der Waals surface area contributed by atoms with Gasteiger partial charge in [0.15, 0.2) is 0 Å². The molecule has 0 saturated heterocycles. The first-order valence-electron chi connectivity index (χ1n) is 6.77. The molecule has 0 aliphatic rings. The van der Waals surface area contributed by atoms with Gasteiger partial charge in [-0.25, -0.2) is 0 Å². The number of hydrogen-bond donors (Lipinski definition) is 1. The summed E-state index contributed by atoms with van der Waals surface area (Å²) in [6.07, 6.45) is 0. The molecule has 0 saturated carbocycles. The van der Waals surface area contributed by atoms with Crippen LogP contribution in [0, 0.1) is 6.92 Å². The van der Waals surface area contributed by atoms with E-state index in [4.69, 9.17) is 0 Å². The smallest absolute Gasteiger partial charge is 0.0846 e. The number of thiophene rings is 1. The van der Waals surface area contributed by atoms with Gasteiger partial charge in [0, 0.05) is 9.58 Å². The summed E-state index contributed by atoms with van der Waals surface area (Å²) in [5.74, 6) is 0. The molecular weight excluding hydrogens is 264 g/mol. The first-order chi connectivity index (χ1) is 9.45. The lowest BCUT2D eigenvalue weighted by Crippen LogP contribution is -2.16. The van der Waals surface area contributed by atoms with Gasteiger partial charge >= 0.3 is 0 Å². The van der Waals surface area contributed by atoms with Crippen molar-refractivity contribution in [2.45, 2.75) is 26.4 Å². The minimum Gasteiger partial charge on any atom is -0.386 e. The molecule has 0 fully saturated rings. The van der Waals surface area contributed by atoms with Gasteiger partial charge in [-0.15, -0.1) is 11.3 Å². The molecule has 1 N–H and O–H groups in total. The van der Waals surface area contributed by atoms with Crippen LogP contribution in [0.1, 0.15) is 25.0 Å². The van der Waals surface area contributed by atoms with Crippen molar-refractivity contribution in [1.82, 2.24) is 0 Å². The van der Waals surface area contributed by atoms with E-state index in [1.165, 1.54) is 20.5 Å². The second-order valence-electron chi connectivity index (χ2n) is 5.76. The molecule has 0 unspecified atom stereocenters. The van der Waals surface area contributed by atoms with Crippen molar-refractivity contribution in [3.05, 3.63) is 59.7 Å². The van der Waals surface area contributed by atoms with Crippen LogP contribution in [0.25, 0.3) is 20.5 Å². The van der Waals surface area contributed by atoms with Crippen LogP contribution in [0.3, 0.4) is 0 Å². The fourth-order valence-corrected chi connectivity index (χ4v) is 3.60. The molecule has 0 aliphatic carbocycles. The van der Waals surface area contributed by atoms with E-state index in [1.54, 1.807) is 11.3 Å². The standard InChI is InChI=1S/C18H18OS/c1-12-8-9-14(15(10-12)18(2,3)19)17-11-13-6-4-5-7-16(13)20-17/h4-11,19H,1-3H3. The van der Waals surface area contributed by atoms with Gasteiger partial charge in [0.1, 0.15) is 0 Å². The highest BCUT2D eigenvalue weighted by atomic mass is 32.1. The quantitative estimate of drug-likeness (QED) is 0.693. The summed E-state index contributed by atoms with van der Waals surface area (Å²) < 4.78 is 1.28. The largest absolute Gasteiger partial charge is 0.386 e. The Bertz CT molecular complexity index is 729. The first-order valence-corrected chi connectivity index (χ1v) is 7.59. The van der Waals surface area contributed by atoms with Crippen molar-refractivity contribution < 1.29 is 5.11 Å². The summed E-state index contributed by atoms with van der Waals surface area (Å²) in [6, 6.07) is 16.9. The van der Waals surface area contributed by atoms with E-state index < -0.39 is 5.60 Å². The Morgan fingerprint density at radius 1 is 1.00 bits per heavy atom. The van der Waals surface area contributed by atoms with E-state index in [-0.39, 0.29) is 0 Å². The fraction of sp³-hybridized carbons (Fsp3) is 0.222. The Labute approximate surface area is 123 Å². The molecule has 0 radical (unpaired) electrons. The summed E-state index contributed by atoms with van der Waals surface area (Å²) in [5, 5.41) is 11.7. The van der Waals surface area contributed by atoms with Crippen LogP contribution in [0.4, 0.5) is 0 Å². The maximum atomic E-state index is 10.4. The molecule has 0 aliphatic heterocycles. The molecular formula is C18H18OS. The van der Waals surface area contributed by atoms with Crippen molar-refractivity contribution in [2.75, 3.05) is 0 Å². The van der Waals surface area contributed by atoms with Crippen LogP contribution in [0.5, 0.6) is 0 Å². The molecule has 102 valence electrons. The van der Waals surface area contributed by atoms with Gasteiger partial charge in [0.2, 0.25) is 0 Å². The predicted octanol–water partition coefficient (Wildman–Crippen LogP) is 5.10. The van der Waals surface area contributed by atoms with Crippen molar-refractivity contribution in [1.29, 1.82) is 0 Å². The van der Waals surface area contributed by atoms with Crippen LogP contribution in [-0.4, -0.2) is 5.11 Å². The summed E-state index contributed by atoms with van der Waals surface area (Å²) >= 11 is 1.78. The topological polar surface area (TPSA) is 20.2 Å². The van der Waals surface area contributed by atoms with Gasteiger partial charge in [-0.3, -0.25) is 0 Å². The van der Waals surface area contributed by atoms with Crippen molar-refractivity contribution in [2.24, 2.45) is 0 Å². The van der Waals surface area contributed by atoms with Gasteiger partial charge < -0.3 is 5.11 Å². The molecule has 1 heterocycles. The molecule has 0 amide bonds. The maximum absolute atomic E-state index is 10.4. The number of rotatable bonds is 2. The van der Waals surface area contributed by atoms with Crippen LogP contribution < -0.4 is 0 Å². The normalized spacial score (nSPS) is 12.0. The third kappa shape index (κ3) is 2.37. The molecule has 0 spiro atoms. The summed E-state index contributed by atoms with van der Waals surface area (Å²) in [5.41, 5.74) is 2.46. The molecule has 20 heavy (non-hydrogen) atoms. The zero-order chi connectivity index (χ0) is 14.3. The second-order valence-corrected chi connectivity index (χ2v) is 6.84. The van der Waals surface area contributed by atoms with Gasteiger partial charge in [-0.1, -0.05) is 42.0 Å². The minimum atomic E-state index is -0.836. The number of aryl methyl sites for hydroxylation is 1. The Balaban J connectivity index is 2.23. The average Bonchev–Trinajstić information content (AvgIpc) is 2.81. The van der Waals surface area contributed by atoms with E-state index in [0.29, 0.717) is 0 Å². The Hall–Kier alpha value is -1.64. The monoisotopic (exact) mass is 282 g/mol. The second kappa shape index (κ2) is 4.72. The lowest BCUT2D eigenvalue weighted by Gasteiger charge is -2.22. The van der Waals surface area contributed by atoms with E-state index in [0.717, 1.165) is 11.1 Å². The van der Waals surface area contributed by atoms with Gasteiger partial charge in [-0.05, 0) is 49.4 Å². The van der Waals surface area contributed by atoms with Crippen molar-refractivity contribution in [3.8, 4) is 10.4 Å². The maximum Gasteiger partial charge on any atom is 0.0846 e. The molecule has 3 aromatic rings. The van der Waals surface area contributed by atoms with Crippen LogP contribution >= 0.6 is 11.3 Å². The van der Waals surface area contributed by atoms with E-state index in [2.05, 4.69) is 55.5 Å². The Morgan fingerprint density at radius 2 is 1.75 bits per heavy atom. The van der Waals surface area contributed by atoms with E-state index >= 15 is 0 Å². The van der Waals surface area contributed by atoms with Crippen molar-refractivity contribution in [3.63, 3.8) is 0 Å². The summed E-state index contributed by atoms with van der Waals surface area (Å²) in [4.78, 5) is 1.21. The van der Waals surface area contributed by atoms with E-state index in [9.17, 15) is 5.11 Å². The third-order valence-corrected chi connectivity index (χ3v) is 4.67. The fourth-order valence-electron chi connectivity index (χ4n) is 2.49. The molecule has 0 atom stereocenters. The Morgan fingerprint density at radius 3 is 2.45 bits per heavy atom. The lowest BCUT2D eigenvalue weighted by atomic mass is 9.91. The van der Waals surface area contributed by atoms with Crippen molar-refractivity contribution >= 4 is 21.4 Å². The highest BCUT2D eigenvalue weighted by Gasteiger charge is 2.21. The van der Waals surface area contributed by atoms with Crippen LogP contribution in [0.15, 0.2) is 48.5 Å². The molecule has 1 nitrogen and oxygen atoms in total. The molecule has 0 bridgehead atoms. The van der Waals surface area contributed by atoms with Gasteiger partial charge in [-0.2, -0.15) is 0 Å². The molecule has 2 heteroatoms. The molecule has 3 rings (SSSR count). The zero-order valence-corrected chi connectivity index (χ0v) is 12.8. The lowest BCUT2D eigenvalue weighted by molar-refractivity contribution is 0.0791. The average molecular weight is 282 g/mol. The molecule has 1 aromatic heterocycles. The minimum absolute atomic E-state index is 0.836. The highest BCUT2D eigenvalue weighted by Crippen LogP contribution is 2.38. The number of aliphatic hydroxyl groups is 1. The number of hydrogen-bond acceptors (Lipinski definition) is 2. The first kappa shape index (κ1) is 13.3. The summed E-state index contributed by atoms with van der Waals surface area (Å²) in [6.45, 7) is 5.75. The Kier molecular flexibility index (Phi) is 3.15.